The predicted molar refractivity (Wildman–Crippen MR) is 79.4 cm³/mol. The molecule has 5 nitrogen and oxygen atoms in total. The highest BCUT2D eigenvalue weighted by atomic mass is 35.5. The number of anilines is 1. The Balaban J connectivity index is 2.51. The maximum atomic E-state index is 11.7. The van der Waals surface area contributed by atoms with Gasteiger partial charge in [0.1, 0.15) is 0 Å². The van der Waals surface area contributed by atoms with Crippen molar-refractivity contribution in [2.45, 2.75) is 32.7 Å². The second-order valence-corrected chi connectivity index (χ2v) is 5.23. The van der Waals surface area contributed by atoms with Crippen LogP contribution in [0.4, 0.5) is 5.69 Å². The fourth-order valence-corrected chi connectivity index (χ4v) is 1.88. The smallest absolute Gasteiger partial charge is 0.335 e. The fourth-order valence-electron chi connectivity index (χ4n) is 1.65. The second kappa shape index (κ2) is 7.87. The van der Waals surface area contributed by atoms with Gasteiger partial charge in [-0.1, -0.05) is 25.4 Å². The first-order valence-corrected chi connectivity index (χ1v) is 6.83. The third kappa shape index (κ3) is 6.04. The number of aromatic carboxylic acids is 1. The molecule has 0 saturated heterocycles. The van der Waals surface area contributed by atoms with Crippen LogP contribution < -0.4 is 10.6 Å². The number of hydrogen-bond donors (Lipinski definition) is 3. The molecule has 1 aromatic rings. The van der Waals surface area contributed by atoms with E-state index >= 15 is 0 Å². The minimum Gasteiger partial charge on any atom is -0.478 e. The predicted octanol–water partition coefficient (Wildman–Crippen LogP) is 2.75. The number of carbonyl (C=O) groups is 2. The van der Waals surface area contributed by atoms with Crippen LogP contribution in [0.3, 0.4) is 0 Å². The van der Waals surface area contributed by atoms with Gasteiger partial charge in [-0.25, -0.2) is 4.79 Å². The van der Waals surface area contributed by atoms with Gasteiger partial charge in [0.25, 0.3) is 0 Å². The summed E-state index contributed by atoms with van der Waals surface area (Å²) in [6, 6.07) is 4.65. The SMILES string of the molecule is CC(C)NCCCC(=O)Nc1cc(Cl)cc(C(=O)O)c1. The zero-order chi connectivity index (χ0) is 15.1. The van der Waals surface area contributed by atoms with Crippen LogP contribution in [0.2, 0.25) is 5.02 Å². The summed E-state index contributed by atoms with van der Waals surface area (Å²) in [6.45, 7) is 4.85. The molecular weight excluding hydrogens is 280 g/mol. The summed E-state index contributed by atoms with van der Waals surface area (Å²) in [4.78, 5) is 22.6. The molecule has 0 aliphatic heterocycles. The molecule has 20 heavy (non-hydrogen) atoms. The van der Waals surface area contributed by atoms with Gasteiger partial charge in [-0.2, -0.15) is 0 Å². The number of carboxylic acid groups (broad SMARTS) is 1. The average Bonchev–Trinajstić information content (AvgIpc) is 2.33. The van der Waals surface area contributed by atoms with Crippen molar-refractivity contribution in [3.8, 4) is 0 Å². The summed E-state index contributed by atoms with van der Waals surface area (Å²) in [5.41, 5.74) is 0.450. The van der Waals surface area contributed by atoms with E-state index in [2.05, 4.69) is 10.6 Å². The lowest BCUT2D eigenvalue weighted by Gasteiger charge is -2.09. The van der Waals surface area contributed by atoms with E-state index in [-0.39, 0.29) is 16.5 Å². The van der Waals surface area contributed by atoms with E-state index in [1.54, 1.807) is 0 Å². The van der Waals surface area contributed by atoms with Crippen LogP contribution >= 0.6 is 11.6 Å². The number of carboxylic acids is 1. The van der Waals surface area contributed by atoms with Crippen LogP contribution in [0.15, 0.2) is 18.2 Å². The van der Waals surface area contributed by atoms with E-state index in [1.807, 2.05) is 13.8 Å². The Labute approximate surface area is 123 Å². The van der Waals surface area contributed by atoms with Gasteiger partial charge >= 0.3 is 5.97 Å². The maximum absolute atomic E-state index is 11.7. The van der Waals surface area contributed by atoms with Gasteiger partial charge in [0.05, 0.1) is 5.56 Å². The van der Waals surface area contributed by atoms with Gasteiger partial charge in [-0.05, 0) is 31.2 Å². The molecule has 1 rings (SSSR count). The van der Waals surface area contributed by atoms with Gasteiger partial charge in [-0.15, -0.1) is 0 Å². The Morgan fingerprint density at radius 3 is 2.60 bits per heavy atom. The van der Waals surface area contributed by atoms with Crippen LogP contribution in [-0.4, -0.2) is 29.6 Å². The molecule has 0 heterocycles. The van der Waals surface area contributed by atoms with Crippen molar-refractivity contribution in [1.29, 1.82) is 0 Å². The molecule has 0 unspecified atom stereocenters. The molecule has 0 aliphatic carbocycles. The Bertz CT molecular complexity index is 489. The van der Waals surface area contributed by atoms with Crippen LogP contribution in [0.25, 0.3) is 0 Å². The van der Waals surface area contributed by atoms with E-state index in [0.29, 0.717) is 18.2 Å². The van der Waals surface area contributed by atoms with E-state index in [9.17, 15) is 9.59 Å². The van der Waals surface area contributed by atoms with Crippen molar-refractivity contribution in [2.75, 3.05) is 11.9 Å². The maximum Gasteiger partial charge on any atom is 0.335 e. The van der Waals surface area contributed by atoms with Crippen molar-refractivity contribution in [3.05, 3.63) is 28.8 Å². The molecule has 6 heteroatoms. The van der Waals surface area contributed by atoms with Crippen molar-refractivity contribution < 1.29 is 14.7 Å². The lowest BCUT2D eigenvalue weighted by molar-refractivity contribution is -0.116. The summed E-state index contributed by atoms with van der Waals surface area (Å²) in [6.07, 6.45) is 1.09. The van der Waals surface area contributed by atoms with Crippen molar-refractivity contribution >= 4 is 29.2 Å². The number of hydrogen-bond acceptors (Lipinski definition) is 3. The molecule has 3 N–H and O–H groups in total. The normalized spacial score (nSPS) is 10.6. The topological polar surface area (TPSA) is 78.4 Å². The van der Waals surface area contributed by atoms with Gasteiger partial charge < -0.3 is 15.7 Å². The highest BCUT2D eigenvalue weighted by molar-refractivity contribution is 6.31. The molecule has 110 valence electrons. The van der Waals surface area contributed by atoms with E-state index < -0.39 is 5.97 Å². The largest absolute Gasteiger partial charge is 0.478 e. The van der Waals surface area contributed by atoms with Crippen LogP contribution in [0.1, 0.15) is 37.0 Å². The third-order valence-corrected chi connectivity index (χ3v) is 2.78. The van der Waals surface area contributed by atoms with Crippen molar-refractivity contribution in [1.82, 2.24) is 5.32 Å². The van der Waals surface area contributed by atoms with Gasteiger partial charge in [-0.3, -0.25) is 4.79 Å². The number of halogens is 1. The Morgan fingerprint density at radius 2 is 2.00 bits per heavy atom. The molecule has 1 aromatic carbocycles. The molecular formula is C14H19ClN2O3. The highest BCUT2D eigenvalue weighted by Gasteiger charge is 2.08. The lowest BCUT2D eigenvalue weighted by Crippen LogP contribution is -2.24. The Morgan fingerprint density at radius 1 is 1.30 bits per heavy atom. The minimum atomic E-state index is -1.08. The molecule has 0 fully saturated rings. The van der Waals surface area contributed by atoms with Crippen LogP contribution in [0.5, 0.6) is 0 Å². The minimum absolute atomic E-state index is 0.0503. The van der Waals surface area contributed by atoms with Crippen molar-refractivity contribution in [2.24, 2.45) is 0 Å². The van der Waals surface area contributed by atoms with Crippen LogP contribution in [-0.2, 0) is 4.79 Å². The number of nitrogens with one attached hydrogen (secondary N) is 2. The van der Waals surface area contributed by atoms with Gasteiger partial charge in [0.15, 0.2) is 0 Å². The quantitative estimate of drug-likeness (QED) is 0.676. The molecule has 0 atom stereocenters. The standard InChI is InChI=1S/C14H19ClN2O3/c1-9(2)16-5-3-4-13(18)17-12-7-10(14(19)20)6-11(15)8-12/h6-9,16H,3-5H2,1-2H3,(H,17,18)(H,19,20). The first-order chi connectivity index (χ1) is 9.38. The average molecular weight is 299 g/mol. The number of rotatable bonds is 7. The monoisotopic (exact) mass is 298 g/mol. The fraction of sp³-hybridized carbons (Fsp3) is 0.429. The van der Waals surface area contributed by atoms with E-state index in [0.717, 1.165) is 13.0 Å². The zero-order valence-electron chi connectivity index (χ0n) is 11.6. The third-order valence-electron chi connectivity index (χ3n) is 2.56. The molecule has 0 radical (unpaired) electrons. The lowest BCUT2D eigenvalue weighted by atomic mass is 10.2. The molecule has 0 aromatic heterocycles. The summed E-state index contributed by atoms with van der Waals surface area (Å²) in [5, 5.41) is 15.1. The van der Waals surface area contributed by atoms with E-state index in [1.165, 1.54) is 18.2 Å². The Kier molecular flexibility index (Phi) is 6.48. The number of amides is 1. The summed E-state index contributed by atoms with van der Waals surface area (Å²) in [5.74, 6) is -1.24. The molecule has 0 aliphatic rings. The second-order valence-electron chi connectivity index (χ2n) is 4.79. The Hall–Kier alpha value is -1.59. The molecule has 0 bridgehead atoms. The van der Waals surface area contributed by atoms with Crippen molar-refractivity contribution in [3.63, 3.8) is 0 Å². The van der Waals surface area contributed by atoms with Gasteiger partial charge in [0, 0.05) is 23.2 Å². The first kappa shape index (κ1) is 16.5. The first-order valence-electron chi connectivity index (χ1n) is 6.45. The molecule has 1 amide bonds. The van der Waals surface area contributed by atoms with Gasteiger partial charge in [0.2, 0.25) is 5.91 Å². The van der Waals surface area contributed by atoms with E-state index in [4.69, 9.17) is 16.7 Å². The summed E-state index contributed by atoms with van der Waals surface area (Å²) < 4.78 is 0. The molecule has 0 saturated carbocycles. The summed E-state index contributed by atoms with van der Waals surface area (Å²) >= 11 is 5.81. The zero-order valence-corrected chi connectivity index (χ0v) is 12.3. The molecule has 0 spiro atoms. The number of carbonyl (C=O) groups excluding carboxylic acids is 1. The number of benzene rings is 1. The highest BCUT2D eigenvalue weighted by Crippen LogP contribution is 2.19. The summed E-state index contributed by atoms with van der Waals surface area (Å²) in [7, 11) is 0. The van der Waals surface area contributed by atoms with Crippen LogP contribution in [0, 0.1) is 0 Å².